The fourth-order valence-corrected chi connectivity index (χ4v) is 3.67. The third-order valence-electron chi connectivity index (χ3n) is 4.89. The predicted octanol–water partition coefficient (Wildman–Crippen LogP) is 1.26. The van der Waals surface area contributed by atoms with E-state index in [4.69, 9.17) is 10.5 Å². The Bertz CT molecular complexity index is 450. The lowest BCUT2D eigenvalue weighted by Crippen LogP contribution is -2.56. The summed E-state index contributed by atoms with van der Waals surface area (Å²) >= 11 is 0. The highest BCUT2D eigenvalue weighted by Crippen LogP contribution is 2.27. The standard InChI is InChI=1S/C16H26N4O/c1-21-16-6-5-13(11-18-16)15(10-17)20-9-8-19-7-3-2-4-14(19)12-20/h5-6,11,14-15H,2-4,7-10,12,17H2,1H3. The van der Waals surface area contributed by atoms with Crippen molar-refractivity contribution in [3.05, 3.63) is 23.9 Å². The van der Waals surface area contributed by atoms with Crippen LogP contribution in [0.3, 0.4) is 0 Å². The molecule has 2 saturated heterocycles. The maximum atomic E-state index is 6.06. The van der Waals surface area contributed by atoms with Crippen LogP contribution in [0, 0.1) is 0 Å². The maximum absolute atomic E-state index is 6.06. The molecule has 0 radical (unpaired) electrons. The van der Waals surface area contributed by atoms with Crippen LogP contribution in [0.5, 0.6) is 5.88 Å². The van der Waals surface area contributed by atoms with Crippen LogP contribution in [-0.4, -0.2) is 60.7 Å². The second-order valence-electron chi connectivity index (χ2n) is 6.07. The highest BCUT2D eigenvalue weighted by molar-refractivity contribution is 5.21. The Morgan fingerprint density at radius 2 is 2.24 bits per heavy atom. The average Bonchev–Trinajstić information content (AvgIpc) is 2.56. The zero-order valence-electron chi connectivity index (χ0n) is 12.9. The lowest BCUT2D eigenvalue weighted by atomic mass is 9.97. The third-order valence-corrected chi connectivity index (χ3v) is 4.89. The van der Waals surface area contributed by atoms with Crippen molar-refractivity contribution in [2.24, 2.45) is 5.73 Å². The van der Waals surface area contributed by atoms with Gasteiger partial charge in [0.2, 0.25) is 5.88 Å². The molecule has 2 fully saturated rings. The number of ether oxygens (including phenoxy) is 1. The smallest absolute Gasteiger partial charge is 0.212 e. The minimum atomic E-state index is 0.271. The highest BCUT2D eigenvalue weighted by atomic mass is 16.5. The monoisotopic (exact) mass is 290 g/mol. The van der Waals surface area contributed by atoms with Gasteiger partial charge in [0.1, 0.15) is 0 Å². The van der Waals surface area contributed by atoms with Gasteiger partial charge < -0.3 is 10.5 Å². The number of hydrogen-bond donors (Lipinski definition) is 1. The van der Waals surface area contributed by atoms with Gasteiger partial charge in [-0.2, -0.15) is 0 Å². The molecule has 0 aromatic carbocycles. The molecule has 1 aromatic heterocycles. The van der Waals surface area contributed by atoms with Gasteiger partial charge in [-0.25, -0.2) is 4.98 Å². The molecule has 21 heavy (non-hydrogen) atoms. The van der Waals surface area contributed by atoms with Crippen LogP contribution < -0.4 is 10.5 Å². The number of piperazine rings is 1. The number of aromatic nitrogens is 1. The molecular formula is C16H26N4O. The van der Waals surface area contributed by atoms with Gasteiger partial charge in [0.05, 0.1) is 7.11 Å². The van der Waals surface area contributed by atoms with E-state index in [-0.39, 0.29) is 6.04 Å². The largest absolute Gasteiger partial charge is 0.481 e. The van der Waals surface area contributed by atoms with E-state index < -0.39 is 0 Å². The van der Waals surface area contributed by atoms with Gasteiger partial charge in [-0.15, -0.1) is 0 Å². The first kappa shape index (κ1) is 14.8. The Hall–Kier alpha value is -1.17. The van der Waals surface area contributed by atoms with Gasteiger partial charge in [-0.05, 0) is 24.9 Å². The minimum absolute atomic E-state index is 0.271. The van der Waals surface area contributed by atoms with Crippen molar-refractivity contribution in [3.63, 3.8) is 0 Å². The van der Waals surface area contributed by atoms with Crippen molar-refractivity contribution in [2.45, 2.75) is 31.3 Å². The van der Waals surface area contributed by atoms with E-state index in [1.54, 1.807) is 7.11 Å². The summed E-state index contributed by atoms with van der Waals surface area (Å²) in [5, 5.41) is 0. The first-order valence-corrected chi connectivity index (χ1v) is 8.00. The molecule has 0 saturated carbocycles. The summed E-state index contributed by atoms with van der Waals surface area (Å²) in [5.41, 5.74) is 7.26. The van der Waals surface area contributed by atoms with Gasteiger partial charge in [0, 0.05) is 50.5 Å². The molecule has 0 bridgehead atoms. The quantitative estimate of drug-likeness (QED) is 0.905. The molecule has 2 aliphatic rings. The predicted molar refractivity (Wildman–Crippen MR) is 83.4 cm³/mol. The van der Waals surface area contributed by atoms with E-state index in [0.29, 0.717) is 18.5 Å². The second-order valence-corrected chi connectivity index (χ2v) is 6.07. The first-order valence-electron chi connectivity index (χ1n) is 8.00. The summed E-state index contributed by atoms with van der Waals surface area (Å²) < 4.78 is 5.14. The molecule has 1 aromatic rings. The first-order chi connectivity index (χ1) is 10.3. The molecule has 2 N–H and O–H groups in total. The third kappa shape index (κ3) is 3.20. The molecule has 116 valence electrons. The van der Waals surface area contributed by atoms with Crippen LogP contribution in [-0.2, 0) is 0 Å². The van der Waals surface area contributed by atoms with Gasteiger partial charge in [-0.1, -0.05) is 12.5 Å². The minimum Gasteiger partial charge on any atom is -0.481 e. The number of rotatable bonds is 4. The SMILES string of the molecule is COc1ccc(C(CN)N2CCN3CCCCC3C2)cn1. The van der Waals surface area contributed by atoms with Crippen molar-refractivity contribution < 1.29 is 4.74 Å². The highest BCUT2D eigenvalue weighted by Gasteiger charge is 2.32. The lowest BCUT2D eigenvalue weighted by Gasteiger charge is -2.46. The van der Waals surface area contributed by atoms with E-state index in [1.165, 1.54) is 37.9 Å². The Kier molecular flexibility index (Phi) is 4.73. The number of nitrogens with two attached hydrogens (primary N) is 1. The Morgan fingerprint density at radius 1 is 1.33 bits per heavy atom. The Labute approximate surface area is 127 Å². The van der Waals surface area contributed by atoms with Crippen LogP contribution in [0.15, 0.2) is 18.3 Å². The van der Waals surface area contributed by atoms with Crippen molar-refractivity contribution in [1.29, 1.82) is 0 Å². The van der Waals surface area contributed by atoms with Crippen LogP contribution in [0.25, 0.3) is 0 Å². The fraction of sp³-hybridized carbons (Fsp3) is 0.688. The summed E-state index contributed by atoms with van der Waals surface area (Å²) in [5.74, 6) is 0.659. The average molecular weight is 290 g/mol. The molecule has 2 atom stereocenters. The topological polar surface area (TPSA) is 54.6 Å². The molecule has 3 heterocycles. The van der Waals surface area contributed by atoms with Gasteiger partial charge in [0.25, 0.3) is 0 Å². The van der Waals surface area contributed by atoms with Crippen LogP contribution in [0.1, 0.15) is 30.9 Å². The summed E-state index contributed by atoms with van der Waals surface area (Å²) in [6.07, 6.45) is 5.96. The number of pyridine rings is 1. The summed E-state index contributed by atoms with van der Waals surface area (Å²) in [6.45, 7) is 5.32. The molecule has 3 rings (SSSR count). The fourth-order valence-electron chi connectivity index (χ4n) is 3.67. The Morgan fingerprint density at radius 3 is 2.95 bits per heavy atom. The zero-order valence-corrected chi connectivity index (χ0v) is 12.9. The maximum Gasteiger partial charge on any atom is 0.212 e. The number of methoxy groups -OCH3 is 1. The van der Waals surface area contributed by atoms with E-state index >= 15 is 0 Å². The van der Waals surface area contributed by atoms with Crippen LogP contribution in [0.2, 0.25) is 0 Å². The number of nitrogens with zero attached hydrogens (tertiary/aromatic N) is 3. The van der Waals surface area contributed by atoms with E-state index in [2.05, 4.69) is 20.9 Å². The molecule has 2 unspecified atom stereocenters. The molecule has 5 heteroatoms. The zero-order chi connectivity index (χ0) is 14.7. The lowest BCUT2D eigenvalue weighted by molar-refractivity contribution is 0.0285. The van der Waals surface area contributed by atoms with Gasteiger partial charge >= 0.3 is 0 Å². The van der Waals surface area contributed by atoms with E-state index in [1.807, 2.05) is 12.3 Å². The van der Waals surface area contributed by atoms with Crippen molar-refractivity contribution >= 4 is 0 Å². The molecule has 0 spiro atoms. The summed E-state index contributed by atoms with van der Waals surface area (Å²) in [7, 11) is 1.64. The van der Waals surface area contributed by atoms with Crippen LogP contribution >= 0.6 is 0 Å². The summed E-state index contributed by atoms with van der Waals surface area (Å²) in [6, 6.07) is 5.01. The van der Waals surface area contributed by atoms with Crippen molar-refractivity contribution in [1.82, 2.24) is 14.8 Å². The van der Waals surface area contributed by atoms with Crippen molar-refractivity contribution in [3.8, 4) is 5.88 Å². The number of hydrogen-bond acceptors (Lipinski definition) is 5. The molecule has 5 nitrogen and oxygen atoms in total. The molecule has 0 amide bonds. The van der Waals surface area contributed by atoms with Crippen LogP contribution in [0.4, 0.5) is 0 Å². The Balaban J connectivity index is 1.70. The second kappa shape index (κ2) is 6.73. The van der Waals surface area contributed by atoms with Crippen molar-refractivity contribution in [2.75, 3.05) is 39.8 Å². The molecule has 0 aliphatic carbocycles. The van der Waals surface area contributed by atoms with Gasteiger partial charge in [0.15, 0.2) is 0 Å². The van der Waals surface area contributed by atoms with E-state index in [9.17, 15) is 0 Å². The molecule has 2 aliphatic heterocycles. The molecular weight excluding hydrogens is 264 g/mol. The summed E-state index contributed by atoms with van der Waals surface area (Å²) in [4.78, 5) is 9.52. The van der Waals surface area contributed by atoms with E-state index in [0.717, 1.165) is 13.1 Å². The van der Waals surface area contributed by atoms with Gasteiger partial charge in [-0.3, -0.25) is 9.80 Å². The normalized spacial score (nSPS) is 25.3. The number of piperidine rings is 1. The number of fused-ring (bicyclic) bond motifs is 1.